The maximum Gasteiger partial charge on any atom is 0.270 e. The lowest BCUT2D eigenvalue weighted by molar-refractivity contribution is -0.116. The second kappa shape index (κ2) is 8.60. The Morgan fingerprint density at radius 1 is 1.27 bits per heavy atom. The molecule has 2 aliphatic rings. The summed E-state index contributed by atoms with van der Waals surface area (Å²) < 4.78 is 28.2. The van der Waals surface area contributed by atoms with Gasteiger partial charge in [-0.1, -0.05) is 26.0 Å². The number of hydrogen-bond donors (Lipinski definition) is 1. The number of carbonyl (C=O) groups is 1. The number of amides is 1. The van der Waals surface area contributed by atoms with Crippen LogP contribution in [0.25, 0.3) is 11.1 Å². The van der Waals surface area contributed by atoms with E-state index in [4.69, 9.17) is 0 Å². The Hall–Kier alpha value is -2.67. The summed E-state index contributed by atoms with van der Waals surface area (Å²) in [5.41, 5.74) is 3.34. The fourth-order valence-corrected chi connectivity index (χ4v) is 4.18. The molecule has 1 aromatic heterocycles. The largest absolute Gasteiger partial charge is 0.345 e. The number of piperidine rings is 1. The Labute approximate surface area is 175 Å². The summed E-state index contributed by atoms with van der Waals surface area (Å²) >= 11 is 0. The molecule has 30 heavy (non-hydrogen) atoms. The van der Waals surface area contributed by atoms with E-state index < -0.39 is 18.0 Å². The maximum absolute atomic E-state index is 14.7. The molecule has 4 rings (SSSR count). The van der Waals surface area contributed by atoms with Gasteiger partial charge in [0, 0.05) is 37.0 Å². The first kappa shape index (κ1) is 20.6. The predicted molar refractivity (Wildman–Crippen MR) is 113 cm³/mol. The number of benzene rings is 1. The molecule has 1 saturated heterocycles. The summed E-state index contributed by atoms with van der Waals surface area (Å²) in [6.45, 7) is 6.60. The summed E-state index contributed by atoms with van der Waals surface area (Å²) in [6, 6.07) is 6.48. The second-order valence-corrected chi connectivity index (χ2v) is 8.47. The zero-order valence-electron chi connectivity index (χ0n) is 17.2. The van der Waals surface area contributed by atoms with Crippen molar-refractivity contribution in [2.45, 2.75) is 39.0 Å². The molecule has 2 atom stereocenters. The molecule has 0 radical (unpaired) electrons. The zero-order valence-corrected chi connectivity index (χ0v) is 17.2. The summed E-state index contributed by atoms with van der Waals surface area (Å²) in [4.78, 5) is 23.3. The SMILES string of the molecule is CC(C)CN1CCC(NC(=O)C2=NCc3ccc(-c4cncc(F)c4)cc32)C(F)C1. The van der Waals surface area contributed by atoms with Crippen LogP contribution < -0.4 is 5.32 Å². The third-order valence-electron chi connectivity index (χ3n) is 5.59. The standard InChI is InChI=1S/C23H26F2N4O/c1-14(2)12-29-6-5-21(20(25)13-29)28-23(30)22-19-8-15(3-4-16(19)10-27-22)17-7-18(24)11-26-9-17/h3-4,7-9,11,14,20-21H,5-6,10,12-13H2,1-2H3,(H,28,30). The number of aromatic nitrogens is 1. The van der Waals surface area contributed by atoms with Crippen molar-refractivity contribution in [3.05, 3.63) is 53.6 Å². The number of carbonyl (C=O) groups excluding carboxylic acids is 1. The first-order chi connectivity index (χ1) is 14.4. The number of alkyl halides is 1. The first-order valence-corrected chi connectivity index (χ1v) is 10.4. The van der Waals surface area contributed by atoms with Crippen LogP contribution in [0.3, 0.4) is 0 Å². The van der Waals surface area contributed by atoms with E-state index in [-0.39, 0.29) is 5.91 Å². The van der Waals surface area contributed by atoms with Crippen LogP contribution in [0, 0.1) is 11.7 Å². The Morgan fingerprint density at radius 2 is 2.10 bits per heavy atom. The molecule has 158 valence electrons. The van der Waals surface area contributed by atoms with Crippen LogP contribution in [0.1, 0.15) is 31.4 Å². The van der Waals surface area contributed by atoms with Gasteiger partial charge < -0.3 is 10.2 Å². The minimum absolute atomic E-state index is 0.313. The van der Waals surface area contributed by atoms with Crippen LogP contribution in [-0.4, -0.2) is 53.4 Å². The van der Waals surface area contributed by atoms with Crippen molar-refractivity contribution < 1.29 is 13.6 Å². The van der Waals surface area contributed by atoms with Crippen molar-refractivity contribution in [3.8, 4) is 11.1 Å². The molecule has 2 aromatic rings. The average Bonchev–Trinajstić information content (AvgIpc) is 3.13. The van der Waals surface area contributed by atoms with Gasteiger partial charge in [-0.3, -0.25) is 14.8 Å². The number of aliphatic imine (C=N–C) groups is 1. The van der Waals surface area contributed by atoms with Gasteiger partial charge in [0.1, 0.15) is 17.7 Å². The molecular weight excluding hydrogens is 386 g/mol. The number of likely N-dealkylation sites (tertiary alicyclic amines) is 1. The molecule has 7 heteroatoms. The summed E-state index contributed by atoms with van der Waals surface area (Å²) in [5.74, 6) is -0.291. The molecule has 2 aliphatic heterocycles. The molecule has 5 nitrogen and oxygen atoms in total. The van der Waals surface area contributed by atoms with E-state index in [0.29, 0.717) is 42.3 Å². The van der Waals surface area contributed by atoms with Crippen LogP contribution in [0.4, 0.5) is 8.78 Å². The molecule has 1 amide bonds. The van der Waals surface area contributed by atoms with Crippen LogP contribution in [-0.2, 0) is 11.3 Å². The number of hydrogen-bond acceptors (Lipinski definition) is 4. The molecule has 0 saturated carbocycles. The fraction of sp³-hybridized carbons (Fsp3) is 0.435. The quantitative estimate of drug-likeness (QED) is 0.819. The molecule has 3 heterocycles. The maximum atomic E-state index is 14.7. The summed E-state index contributed by atoms with van der Waals surface area (Å²) in [7, 11) is 0. The molecule has 0 spiro atoms. The zero-order chi connectivity index (χ0) is 21.3. The van der Waals surface area contributed by atoms with Gasteiger partial charge >= 0.3 is 0 Å². The number of rotatable bonds is 5. The Morgan fingerprint density at radius 3 is 2.83 bits per heavy atom. The van der Waals surface area contributed by atoms with Crippen molar-refractivity contribution in [2.24, 2.45) is 10.9 Å². The minimum atomic E-state index is -1.10. The number of nitrogens with zero attached hydrogens (tertiary/aromatic N) is 3. The highest BCUT2D eigenvalue weighted by Crippen LogP contribution is 2.27. The highest BCUT2D eigenvalue weighted by molar-refractivity contribution is 6.46. The van der Waals surface area contributed by atoms with Crippen LogP contribution in [0.2, 0.25) is 0 Å². The fourth-order valence-electron chi connectivity index (χ4n) is 4.18. The predicted octanol–water partition coefficient (Wildman–Crippen LogP) is 3.38. The van der Waals surface area contributed by atoms with Crippen molar-refractivity contribution in [2.75, 3.05) is 19.6 Å². The Balaban J connectivity index is 1.46. The van der Waals surface area contributed by atoms with E-state index in [0.717, 1.165) is 30.4 Å². The van der Waals surface area contributed by atoms with Gasteiger partial charge in [-0.2, -0.15) is 0 Å². The van der Waals surface area contributed by atoms with Crippen LogP contribution in [0.15, 0.2) is 41.7 Å². The van der Waals surface area contributed by atoms with E-state index in [1.54, 1.807) is 6.20 Å². The highest BCUT2D eigenvalue weighted by atomic mass is 19.1. The van der Waals surface area contributed by atoms with E-state index in [2.05, 4.69) is 34.0 Å². The van der Waals surface area contributed by atoms with E-state index >= 15 is 0 Å². The number of halogens is 2. The van der Waals surface area contributed by atoms with Crippen LogP contribution in [0.5, 0.6) is 0 Å². The van der Waals surface area contributed by atoms with Crippen molar-refractivity contribution in [3.63, 3.8) is 0 Å². The molecular formula is C23H26F2N4O. The normalized spacial score (nSPS) is 21.4. The van der Waals surface area contributed by atoms with Gasteiger partial charge in [-0.15, -0.1) is 0 Å². The first-order valence-electron chi connectivity index (χ1n) is 10.4. The number of pyridine rings is 1. The lowest BCUT2D eigenvalue weighted by Gasteiger charge is -2.35. The highest BCUT2D eigenvalue weighted by Gasteiger charge is 2.32. The Bertz CT molecular complexity index is 975. The minimum Gasteiger partial charge on any atom is -0.345 e. The van der Waals surface area contributed by atoms with Crippen LogP contribution >= 0.6 is 0 Å². The van der Waals surface area contributed by atoms with E-state index in [1.165, 1.54) is 6.07 Å². The van der Waals surface area contributed by atoms with Gasteiger partial charge in [0.15, 0.2) is 0 Å². The second-order valence-electron chi connectivity index (χ2n) is 8.47. The smallest absolute Gasteiger partial charge is 0.270 e. The van der Waals surface area contributed by atoms with Gasteiger partial charge in [-0.05, 0) is 35.6 Å². The summed E-state index contributed by atoms with van der Waals surface area (Å²) in [6.07, 6.45) is 2.20. The molecule has 1 N–H and O–H groups in total. The molecule has 0 bridgehead atoms. The summed E-state index contributed by atoms with van der Waals surface area (Å²) in [5, 5.41) is 2.85. The third-order valence-corrected chi connectivity index (χ3v) is 5.59. The lowest BCUT2D eigenvalue weighted by atomic mass is 9.97. The van der Waals surface area contributed by atoms with Gasteiger partial charge in [0.05, 0.1) is 18.8 Å². The number of nitrogens with one attached hydrogen (secondary N) is 1. The molecule has 2 unspecified atom stereocenters. The molecule has 0 aliphatic carbocycles. The van der Waals surface area contributed by atoms with E-state index in [1.807, 2.05) is 18.2 Å². The van der Waals surface area contributed by atoms with Gasteiger partial charge in [-0.25, -0.2) is 8.78 Å². The monoisotopic (exact) mass is 412 g/mol. The Kier molecular flexibility index (Phi) is 5.90. The molecule has 1 fully saturated rings. The lowest BCUT2D eigenvalue weighted by Crippen LogP contribution is -2.54. The number of fused-ring (bicyclic) bond motifs is 1. The van der Waals surface area contributed by atoms with Gasteiger partial charge in [0.25, 0.3) is 5.91 Å². The van der Waals surface area contributed by atoms with E-state index in [9.17, 15) is 13.6 Å². The molecule has 1 aromatic carbocycles. The third kappa shape index (κ3) is 4.41. The topological polar surface area (TPSA) is 57.6 Å². The average molecular weight is 412 g/mol. The van der Waals surface area contributed by atoms with Crippen molar-refractivity contribution in [1.82, 2.24) is 15.2 Å². The van der Waals surface area contributed by atoms with Crippen molar-refractivity contribution in [1.29, 1.82) is 0 Å². The van der Waals surface area contributed by atoms with Gasteiger partial charge in [0.2, 0.25) is 0 Å². The van der Waals surface area contributed by atoms with Crippen molar-refractivity contribution >= 4 is 11.6 Å².